The van der Waals surface area contributed by atoms with Crippen molar-refractivity contribution in [2.75, 3.05) is 0 Å². The van der Waals surface area contributed by atoms with Crippen LogP contribution >= 0.6 is 0 Å². The zero-order chi connectivity index (χ0) is 48.2. The minimum atomic E-state index is -0.356. The van der Waals surface area contributed by atoms with Crippen LogP contribution in [0.5, 0.6) is 11.5 Å². The first kappa shape index (κ1) is 56.6. The molecular formula is C56H86O7. The summed E-state index contributed by atoms with van der Waals surface area (Å²) in [7, 11) is 0. The van der Waals surface area contributed by atoms with Crippen molar-refractivity contribution in [3.8, 4) is 11.5 Å². The minimum absolute atomic E-state index is 0.0597. The Bertz CT molecular complexity index is 1940. The molecule has 0 radical (unpaired) electrons. The number of benzene rings is 4. The number of phenolic OH excluding ortho intramolecular Hbond substituents is 1. The minimum Gasteiger partial charge on any atom is -0.508 e. The molecule has 1 N–H and O–H groups in total. The van der Waals surface area contributed by atoms with Crippen molar-refractivity contribution in [3.05, 3.63) is 83.9 Å². The van der Waals surface area contributed by atoms with Crippen molar-refractivity contribution < 1.29 is 33.7 Å². The molecule has 0 aliphatic carbocycles. The number of ether oxygens (including phenoxy) is 3. The van der Waals surface area contributed by atoms with Crippen LogP contribution < -0.4 is 4.74 Å². The molecule has 7 nitrogen and oxygen atoms in total. The first-order valence-corrected chi connectivity index (χ1v) is 24.0. The largest absolute Gasteiger partial charge is 0.508 e. The van der Waals surface area contributed by atoms with Crippen molar-refractivity contribution in [2.24, 2.45) is 10.8 Å². The summed E-state index contributed by atoms with van der Waals surface area (Å²) in [5.74, 6) is 1.70. The molecule has 4 aromatic rings. The second-order valence-electron chi connectivity index (χ2n) is 18.5. The van der Waals surface area contributed by atoms with Crippen LogP contribution in [0.1, 0.15) is 205 Å². The molecule has 0 spiro atoms. The van der Waals surface area contributed by atoms with Crippen LogP contribution in [0.4, 0.5) is 0 Å². The molecular weight excluding hydrogens is 785 g/mol. The number of hydrogen-bond donors (Lipinski definition) is 1. The van der Waals surface area contributed by atoms with Gasteiger partial charge in [0.15, 0.2) is 0 Å². The van der Waals surface area contributed by atoms with Gasteiger partial charge in [0, 0.05) is 6.92 Å². The number of esters is 3. The Morgan fingerprint density at radius 3 is 1.16 bits per heavy atom. The Hall–Kier alpha value is -4.39. The second kappa shape index (κ2) is 26.4. The Morgan fingerprint density at radius 2 is 0.825 bits per heavy atom. The van der Waals surface area contributed by atoms with Gasteiger partial charge in [-0.3, -0.25) is 14.4 Å². The molecule has 7 heteroatoms. The van der Waals surface area contributed by atoms with Crippen molar-refractivity contribution in [3.63, 3.8) is 0 Å². The Labute approximate surface area is 383 Å². The predicted molar refractivity (Wildman–Crippen MR) is 266 cm³/mol. The average molecular weight is 871 g/mol. The highest BCUT2D eigenvalue weighted by Gasteiger charge is 2.36. The van der Waals surface area contributed by atoms with Crippen LogP contribution in [-0.2, 0) is 23.9 Å². The fraction of sp³-hybridized carbons (Fsp3) is 0.589. The van der Waals surface area contributed by atoms with Gasteiger partial charge >= 0.3 is 17.9 Å². The highest BCUT2D eigenvalue weighted by molar-refractivity contribution is 5.86. The van der Waals surface area contributed by atoms with E-state index in [1.54, 1.807) is 12.1 Å². The van der Waals surface area contributed by atoms with Gasteiger partial charge in [0.2, 0.25) is 0 Å². The lowest BCUT2D eigenvalue weighted by Gasteiger charge is -2.34. The maximum atomic E-state index is 12.0. The summed E-state index contributed by atoms with van der Waals surface area (Å²) in [6.45, 7) is 34.6. The van der Waals surface area contributed by atoms with Crippen molar-refractivity contribution in [1.29, 1.82) is 0 Å². The molecule has 4 rings (SSSR count). The molecule has 352 valence electrons. The summed E-state index contributed by atoms with van der Waals surface area (Å²) < 4.78 is 16.5. The van der Waals surface area contributed by atoms with Gasteiger partial charge in [-0.1, -0.05) is 132 Å². The number of carbonyl (C=O) groups is 3. The highest BCUT2D eigenvalue weighted by Crippen LogP contribution is 2.32. The summed E-state index contributed by atoms with van der Waals surface area (Å²) >= 11 is 0. The van der Waals surface area contributed by atoms with Crippen molar-refractivity contribution in [2.45, 2.75) is 205 Å². The number of phenols is 1. The average Bonchev–Trinajstić information content (AvgIpc) is 3.29. The van der Waals surface area contributed by atoms with E-state index in [2.05, 4.69) is 106 Å². The molecule has 4 aromatic carbocycles. The third-order valence-corrected chi connectivity index (χ3v) is 13.7. The van der Waals surface area contributed by atoms with E-state index in [1.165, 1.54) is 28.8 Å². The molecule has 0 aliphatic heterocycles. The van der Waals surface area contributed by atoms with Crippen LogP contribution in [0.2, 0.25) is 0 Å². The molecule has 0 saturated carbocycles. The van der Waals surface area contributed by atoms with E-state index < -0.39 is 0 Å². The number of rotatable bonds is 17. The maximum absolute atomic E-state index is 12.0. The summed E-state index contributed by atoms with van der Waals surface area (Å²) in [5.41, 5.74) is 1.52. The molecule has 0 heterocycles. The van der Waals surface area contributed by atoms with Crippen LogP contribution in [-0.4, -0.2) is 34.2 Å². The van der Waals surface area contributed by atoms with E-state index in [1.807, 2.05) is 65.8 Å². The van der Waals surface area contributed by atoms with Crippen LogP contribution in [0.25, 0.3) is 21.5 Å². The molecule has 0 fully saturated rings. The number of hydrogen-bond acceptors (Lipinski definition) is 7. The molecule has 63 heavy (non-hydrogen) atoms. The lowest BCUT2D eigenvalue weighted by atomic mass is 9.88. The summed E-state index contributed by atoms with van der Waals surface area (Å²) in [6.07, 6.45) is 9.30. The number of fused-ring (bicyclic) bond motifs is 2. The highest BCUT2D eigenvalue weighted by atomic mass is 16.6. The van der Waals surface area contributed by atoms with Crippen LogP contribution in [0, 0.1) is 10.8 Å². The van der Waals surface area contributed by atoms with Crippen LogP contribution in [0.3, 0.4) is 0 Å². The fourth-order valence-corrected chi connectivity index (χ4v) is 6.70. The Balaban J connectivity index is 0.000000422. The predicted octanol–water partition coefficient (Wildman–Crippen LogP) is 16.2. The van der Waals surface area contributed by atoms with E-state index in [-0.39, 0.29) is 39.9 Å². The Kier molecular flexibility index (Phi) is 23.7. The van der Waals surface area contributed by atoms with Crippen molar-refractivity contribution >= 4 is 39.5 Å². The van der Waals surface area contributed by atoms with E-state index in [4.69, 9.17) is 14.2 Å². The summed E-state index contributed by atoms with van der Waals surface area (Å²) in [4.78, 5) is 34.8. The molecule has 0 bridgehead atoms. The summed E-state index contributed by atoms with van der Waals surface area (Å²) in [6, 6.07) is 24.1. The van der Waals surface area contributed by atoms with E-state index >= 15 is 0 Å². The third kappa shape index (κ3) is 17.3. The van der Waals surface area contributed by atoms with Gasteiger partial charge in [-0.2, -0.15) is 0 Å². The Morgan fingerprint density at radius 1 is 0.492 bits per heavy atom. The molecule has 0 aliphatic rings. The zero-order valence-electron chi connectivity index (χ0n) is 42.6. The van der Waals surface area contributed by atoms with E-state index in [9.17, 15) is 19.5 Å². The summed E-state index contributed by atoms with van der Waals surface area (Å²) in [5, 5.41) is 13.9. The lowest BCUT2D eigenvalue weighted by molar-refractivity contribution is -0.173. The van der Waals surface area contributed by atoms with E-state index in [0.717, 1.165) is 75.0 Å². The topological polar surface area (TPSA) is 99.1 Å². The molecule has 2 unspecified atom stereocenters. The van der Waals surface area contributed by atoms with Gasteiger partial charge in [0.25, 0.3) is 0 Å². The molecule has 0 aromatic heterocycles. The standard InChI is InChI=1S/C16H18O2.C14H16O.2C13H26O2/c1-4-11(2)13-5-6-15-10-16(18-12(3)17)8-7-14(15)9-13;1-3-10(2)11-4-5-13-9-14(15)7-6-12(13)8-11;2*1-7-12(5,6)11(14)15-13(8-2,9-3)10-4/h5-11H,4H2,1-3H3;4-10,15H,3H2,1-2H3;2*7-10H2,1-6H3. The van der Waals surface area contributed by atoms with Gasteiger partial charge in [-0.05, 0) is 161 Å². The third-order valence-electron chi connectivity index (χ3n) is 13.7. The lowest BCUT2D eigenvalue weighted by Crippen LogP contribution is -2.38. The van der Waals surface area contributed by atoms with Gasteiger partial charge in [0.05, 0.1) is 10.8 Å². The molecule has 0 amide bonds. The first-order valence-electron chi connectivity index (χ1n) is 24.0. The van der Waals surface area contributed by atoms with Gasteiger partial charge in [-0.25, -0.2) is 0 Å². The second-order valence-corrected chi connectivity index (χ2v) is 18.5. The number of carbonyl (C=O) groups excluding carboxylic acids is 3. The smallest absolute Gasteiger partial charge is 0.312 e. The quantitative estimate of drug-likeness (QED) is 0.0833. The van der Waals surface area contributed by atoms with Crippen LogP contribution in [0.15, 0.2) is 72.8 Å². The normalized spacial score (nSPS) is 12.7. The van der Waals surface area contributed by atoms with E-state index in [0.29, 0.717) is 23.3 Å². The fourth-order valence-electron chi connectivity index (χ4n) is 6.70. The SMILES string of the molecule is CCC(C)c1ccc2cc(O)ccc2c1.CCC(C)c1ccc2cc(OC(C)=O)ccc2c1.CCC(CC)(CC)OC(=O)C(C)(C)CC.CCC(CC)(CC)OC(=O)C(C)(C)CC. The molecule has 2 atom stereocenters. The maximum Gasteiger partial charge on any atom is 0.312 e. The van der Waals surface area contributed by atoms with Gasteiger partial charge in [0.1, 0.15) is 22.7 Å². The zero-order valence-corrected chi connectivity index (χ0v) is 42.6. The van der Waals surface area contributed by atoms with Crippen molar-refractivity contribution in [1.82, 2.24) is 0 Å². The van der Waals surface area contributed by atoms with Gasteiger partial charge < -0.3 is 19.3 Å². The monoisotopic (exact) mass is 871 g/mol. The molecule has 0 saturated heterocycles. The van der Waals surface area contributed by atoms with Gasteiger partial charge in [-0.15, -0.1) is 0 Å². The number of aromatic hydroxyl groups is 1. The first-order chi connectivity index (χ1) is 29.5.